The van der Waals surface area contributed by atoms with Gasteiger partial charge in [0, 0.05) is 5.88 Å². The molecule has 0 atom stereocenters. The molecule has 0 aliphatic heterocycles. The summed E-state index contributed by atoms with van der Waals surface area (Å²) >= 11 is 5.58. The smallest absolute Gasteiger partial charge is 0.280 e. The topological polar surface area (TPSA) is 33.1 Å². The first-order valence-corrected chi connectivity index (χ1v) is 4.57. The Labute approximate surface area is 85.5 Å². The average molecular weight is 222 g/mol. The number of nitrogens with zero attached hydrogens (tertiary/aromatic N) is 1. The van der Waals surface area contributed by atoms with Gasteiger partial charge in [0.05, 0.1) is 12.3 Å². The lowest BCUT2D eigenvalue weighted by atomic mass is 10.1. The molecule has 0 unspecified atom stereocenters. The molecule has 0 saturated heterocycles. The van der Waals surface area contributed by atoms with Gasteiger partial charge in [-0.05, 0) is 24.1 Å². The fourth-order valence-corrected chi connectivity index (χ4v) is 1.43. The summed E-state index contributed by atoms with van der Waals surface area (Å²) in [6, 6.07) is 1.27. The van der Waals surface area contributed by atoms with Gasteiger partial charge in [0.1, 0.15) is 5.69 Å². The highest BCUT2D eigenvalue weighted by atomic mass is 35.5. The number of pyridine rings is 1. The summed E-state index contributed by atoms with van der Waals surface area (Å²) in [6.07, 6.45) is -2.64. The van der Waals surface area contributed by atoms with E-state index in [0.717, 1.165) is 0 Å². The maximum absolute atomic E-state index is 12.3. The Balaban J connectivity index is 3.25. The molecule has 5 heteroatoms. The summed E-state index contributed by atoms with van der Waals surface area (Å²) in [6.45, 7) is 1.35. The van der Waals surface area contributed by atoms with Crippen LogP contribution in [-0.2, 0) is 12.5 Å². The summed E-state index contributed by atoms with van der Waals surface area (Å²) in [7, 11) is 0. The summed E-state index contributed by atoms with van der Waals surface area (Å²) in [5.74, 6) is 0.140. The molecule has 0 aliphatic rings. The third-order valence-electron chi connectivity index (χ3n) is 2.02. The Morgan fingerprint density at radius 1 is 1.57 bits per heavy atom. The highest BCUT2D eigenvalue weighted by Gasteiger charge is 2.14. The first-order chi connectivity index (χ1) is 6.60. The molecular formula is C9H10ClF2NO. The molecule has 1 heterocycles. The molecule has 1 aromatic heterocycles. The zero-order valence-corrected chi connectivity index (χ0v) is 8.35. The van der Waals surface area contributed by atoms with Crippen LogP contribution in [0.3, 0.4) is 0 Å². The standard InChI is InChI=1S/C9H10ClF2NO/c1-5-6(3-10)2-7(9(11)12)13-8(5)4-14/h2,9,14H,3-4H2,1H3. The second kappa shape index (κ2) is 4.66. The van der Waals surface area contributed by atoms with Crippen LogP contribution in [0.2, 0.25) is 0 Å². The molecule has 0 aromatic carbocycles. The van der Waals surface area contributed by atoms with Crippen LogP contribution in [0, 0.1) is 6.92 Å². The van der Waals surface area contributed by atoms with Gasteiger partial charge in [0.2, 0.25) is 0 Å². The van der Waals surface area contributed by atoms with Crippen molar-refractivity contribution in [3.63, 3.8) is 0 Å². The van der Waals surface area contributed by atoms with E-state index in [1.165, 1.54) is 6.07 Å². The average Bonchev–Trinajstić information content (AvgIpc) is 2.17. The van der Waals surface area contributed by atoms with Gasteiger partial charge in [-0.2, -0.15) is 0 Å². The molecule has 1 rings (SSSR count). The van der Waals surface area contributed by atoms with Crippen molar-refractivity contribution in [3.8, 4) is 0 Å². The predicted molar refractivity (Wildman–Crippen MR) is 49.4 cm³/mol. The van der Waals surface area contributed by atoms with Gasteiger partial charge < -0.3 is 5.11 Å². The molecule has 1 aromatic rings. The van der Waals surface area contributed by atoms with Crippen molar-refractivity contribution in [2.24, 2.45) is 0 Å². The third-order valence-corrected chi connectivity index (χ3v) is 2.31. The lowest BCUT2D eigenvalue weighted by Gasteiger charge is -2.09. The molecule has 0 fully saturated rings. The van der Waals surface area contributed by atoms with Gasteiger partial charge in [-0.1, -0.05) is 0 Å². The van der Waals surface area contributed by atoms with Crippen LogP contribution in [0.1, 0.15) is 28.9 Å². The normalized spacial score (nSPS) is 11.0. The minimum Gasteiger partial charge on any atom is -0.390 e. The second-order valence-electron chi connectivity index (χ2n) is 2.87. The molecule has 1 N–H and O–H groups in total. The molecule has 0 bridgehead atoms. The molecule has 0 aliphatic carbocycles. The second-order valence-corrected chi connectivity index (χ2v) is 3.14. The molecular weight excluding hydrogens is 212 g/mol. The maximum atomic E-state index is 12.3. The number of aliphatic hydroxyl groups excluding tert-OH is 1. The van der Waals surface area contributed by atoms with Crippen LogP contribution >= 0.6 is 11.6 Å². The minimum atomic E-state index is -2.64. The summed E-state index contributed by atoms with van der Waals surface area (Å²) < 4.78 is 24.7. The van der Waals surface area contributed by atoms with Crippen LogP contribution in [0.5, 0.6) is 0 Å². The number of alkyl halides is 3. The van der Waals surface area contributed by atoms with Gasteiger partial charge in [0.15, 0.2) is 0 Å². The summed E-state index contributed by atoms with van der Waals surface area (Å²) in [5.41, 5.74) is 1.18. The first-order valence-electron chi connectivity index (χ1n) is 4.04. The lowest BCUT2D eigenvalue weighted by Crippen LogP contribution is -2.03. The van der Waals surface area contributed by atoms with E-state index in [4.69, 9.17) is 16.7 Å². The van der Waals surface area contributed by atoms with Crippen LogP contribution in [-0.4, -0.2) is 10.1 Å². The van der Waals surface area contributed by atoms with Gasteiger partial charge in [-0.25, -0.2) is 13.8 Å². The van der Waals surface area contributed by atoms with Crippen LogP contribution in [0.4, 0.5) is 8.78 Å². The van der Waals surface area contributed by atoms with E-state index in [1.807, 2.05) is 0 Å². The number of aliphatic hydroxyl groups is 1. The number of halogens is 3. The van der Waals surface area contributed by atoms with E-state index in [9.17, 15) is 8.78 Å². The molecule has 0 saturated carbocycles. The zero-order chi connectivity index (χ0) is 10.7. The number of aromatic nitrogens is 1. The van der Waals surface area contributed by atoms with Crippen molar-refractivity contribution < 1.29 is 13.9 Å². The van der Waals surface area contributed by atoms with E-state index in [2.05, 4.69) is 4.98 Å². The van der Waals surface area contributed by atoms with Gasteiger partial charge in [-0.3, -0.25) is 0 Å². The largest absolute Gasteiger partial charge is 0.390 e. The quantitative estimate of drug-likeness (QED) is 0.796. The predicted octanol–water partition coefficient (Wildman–Crippen LogP) is 2.56. The molecule has 78 valence electrons. The SMILES string of the molecule is Cc1c(CCl)cc(C(F)F)nc1CO. The van der Waals surface area contributed by atoms with Crippen molar-refractivity contribution in [2.75, 3.05) is 0 Å². The fraction of sp³-hybridized carbons (Fsp3) is 0.444. The van der Waals surface area contributed by atoms with Crippen molar-refractivity contribution in [2.45, 2.75) is 25.8 Å². The Hall–Kier alpha value is -0.740. The fourth-order valence-electron chi connectivity index (χ4n) is 1.15. The Bertz CT molecular complexity index is 306. The molecule has 0 radical (unpaired) electrons. The summed E-state index contributed by atoms with van der Waals surface area (Å²) in [4.78, 5) is 3.64. The minimum absolute atomic E-state index is 0.140. The van der Waals surface area contributed by atoms with Crippen LogP contribution in [0.25, 0.3) is 0 Å². The van der Waals surface area contributed by atoms with Gasteiger partial charge in [-0.15, -0.1) is 11.6 Å². The number of hydrogen-bond donors (Lipinski definition) is 1. The first kappa shape index (κ1) is 11.3. The summed E-state index contributed by atoms with van der Waals surface area (Å²) in [5, 5.41) is 8.89. The molecule has 0 spiro atoms. The Kier molecular flexibility index (Phi) is 3.77. The van der Waals surface area contributed by atoms with E-state index in [-0.39, 0.29) is 23.9 Å². The van der Waals surface area contributed by atoms with Gasteiger partial charge in [0.25, 0.3) is 6.43 Å². The zero-order valence-electron chi connectivity index (χ0n) is 7.60. The third kappa shape index (κ3) is 2.19. The van der Waals surface area contributed by atoms with Crippen LogP contribution < -0.4 is 0 Å². The van der Waals surface area contributed by atoms with E-state index >= 15 is 0 Å². The monoisotopic (exact) mass is 221 g/mol. The van der Waals surface area contributed by atoms with E-state index < -0.39 is 6.43 Å². The molecule has 0 amide bonds. The van der Waals surface area contributed by atoms with Crippen molar-refractivity contribution in [3.05, 3.63) is 28.6 Å². The van der Waals surface area contributed by atoms with E-state index in [1.54, 1.807) is 6.92 Å². The Morgan fingerprint density at radius 2 is 2.21 bits per heavy atom. The van der Waals surface area contributed by atoms with E-state index in [0.29, 0.717) is 11.1 Å². The molecule has 2 nitrogen and oxygen atoms in total. The van der Waals surface area contributed by atoms with Crippen molar-refractivity contribution in [1.29, 1.82) is 0 Å². The lowest BCUT2D eigenvalue weighted by molar-refractivity contribution is 0.145. The highest BCUT2D eigenvalue weighted by molar-refractivity contribution is 6.17. The molecule has 14 heavy (non-hydrogen) atoms. The number of rotatable bonds is 3. The van der Waals surface area contributed by atoms with Crippen molar-refractivity contribution in [1.82, 2.24) is 4.98 Å². The van der Waals surface area contributed by atoms with Crippen molar-refractivity contribution >= 4 is 11.6 Å². The Morgan fingerprint density at radius 3 is 2.64 bits per heavy atom. The van der Waals surface area contributed by atoms with Crippen LogP contribution in [0.15, 0.2) is 6.07 Å². The highest BCUT2D eigenvalue weighted by Crippen LogP contribution is 2.22. The maximum Gasteiger partial charge on any atom is 0.280 e. The number of hydrogen-bond acceptors (Lipinski definition) is 2. The van der Waals surface area contributed by atoms with Gasteiger partial charge >= 0.3 is 0 Å².